The van der Waals surface area contributed by atoms with Gasteiger partial charge in [-0.05, 0) is 31.2 Å². The predicted octanol–water partition coefficient (Wildman–Crippen LogP) is 3.81. The molecule has 0 saturated carbocycles. The third-order valence-electron chi connectivity index (χ3n) is 3.64. The number of aromatic nitrogens is 1. The van der Waals surface area contributed by atoms with Crippen molar-refractivity contribution < 1.29 is 18.8 Å². The Morgan fingerprint density at radius 2 is 1.88 bits per heavy atom. The van der Waals surface area contributed by atoms with Crippen LogP contribution in [-0.4, -0.2) is 24.0 Å². The number of anilines is 1. The van der Waals surface area contributed by atoms with Gasteiger partial charge < -0.3 is 14.6 Å². The van der Waals surface area contributed by atoms with Gasteiger partial charge in [0.25, 0.3) is 5.91 Å². The van der Waals surface area contributed by atoms with Crippen molar-refractivity contribution in [3.8, 4) is 17.1 Å². The van der Waals surface area contributed by atoms with Crippen LogP contribution in [0.4, 0.5) is 5.69 Å². The fourth-order valence-electron chi connectivity index (χ4n) is 2.37. The molecule has 126 valence electrons. The van der Waals surface area contributed by atoms with Crippen LogP contribution in [0.15, 0.2) is 59.1 Å². The van der Waals surface area contributed by atoms with Crippen LogP contribution in [0.3, 0.4) is 0 Å². The number of para-hydroxylation sites is 1. The second kappa shape index (κ2) is 7.00. The normalized spacial score (nSPS) is 10.3. The topological polar surface area (TPSA) is 81.4 Å². The molecule has 1 amide bonds. The van der Waals surface area contributed by atoms with E-state index < -0.39 is 5.91 Å². The number of methoxy groups -OCH3 is 1. The standard InChI is InChI=1S/C19H16N2O4/c1-12(22)13-6-5-7-14(10-13)20-19(23)16-11-18(25-21-16)15-8-3-4-9-17(15)24-2/h3-11H,1-2H3,(H,20,23). The van der Waals surface area contributed by atoms with Gasteiger partial charge in [-0.1, -0.05) is 29.4 Å². The Balaban J connectivity index is 1.81. The second-order valence-electron chi connectivity index (χ2n) is 5.37. The summed E-state index contributed by atoms with van der Waals surface area (Å²) in [4.78, 5) is 23.8. The van der Waals surface area contributed by atoms with Gasteiger partial charge in [-0.25, -0.2) is 0 Å². The first kappa shape index (κ1) is 16.4. The lowest BCUT2D eigenvalue weighted by molar-refractivity contribution is 0.100. The van der Waals surface area contributed by atoms with Gasteiger partial charge in [0.1, 0.15) is 5.75 Å². The number of Topliss-reactive ketones (excluding diaryl/α,β-unsaturated/α-hetero) is 1. The first-order valence-corrected chi connectivity index (χ1v) is 7.61. The van der Waals surface area contributed by atoms with Crippen LogP contribution in [0.25, 0.3) is 11.3 Å². The Morgan fingerprint density at radius 3 is 2.64 bits per heavy atom. The molecule has 1 heterocycles. The quantitative estimate of drug-likeness (QED) is 0.717. The Hall–Kier alpha value is -3.41. The molecule has 25 heavy (non-hydrogen) atoms. The van der Waals surface area contributed by atoms with Crippen molar-refractivity contribution in [2.75, 3.05) is 12.4 Å². The van der Waals surface area contributed by atoms with E-state index in [1.807, 2.05) is 18.2 Å². The fraction of sp³-hybridized carbons (Fsp3) is 0.105. The van der Waals surface area contributed by atoms with Crippen molar-refractivity contribution in [2.45, 2.75) is 6.92 Å². The van der Waals surface area contributed by atoms with E-state index in [1.54, 1.807) is 43.5 Å². The Kier molecular flexibility index (Phi) is 4.61. The number of nitrogens with one attached hydrogen (secondary N) is 1. The van der Waals surface area contributed by atoms with E-state index in [0.717, 1.165) is 0 Å². The van der Waals surface area contributed by atoms with Gasteiger partial charge >= 0.3 is 0 Å². The zero-order chi connectivity index (χ0) is 17.8. The SMILES string of the molecule is COc1ccccc1-c1cc(C(=O)Nc2cccc(C(C)=O)c2)no1. The number of carbonyl (C=O) groups is 2. The van der Waals surface area contributed by atoms with Crippen LogP contribution in [0.1, 0.15) is 27.8 Å². The zero-order valence-electron chi connectivity index (χ0n) is 13.8. The smallest absolute Gasteiger partial charge is 0.277 e. The lowest BCUT2D eigenvalue weighted by Crippen LogP contribution is -2.12. The minimum atomic E-state index is -0.425. The maximum absolute atomic E-state index is 12.3. The third kappa shape index (κ3) is 3.58. The van der Waals surface area contributed by atoms with Gasteiger partial charge in [0.05, 0.1) is 12.7 Å². The fourth-order valence-corrected chi connectivity index (χ4v) is 2.37. The molecule has 0 saturated heterocycles. The van der Waals surface area contributed by atoms with Crippen LogP contribution in [0, 0.1) is 0 Å². The summed E-state index contributed by atoms with van der Waals surface area (Å²) in [5.41, 5.74) is 1.87. The molecule has 0 spiro atoms. The molecular formula is C19H16N2O4. The molecule has 0 unspecified atom stereocenters. The number of benzene rings is 2. The number of hydrogen-bond acceptors (Lipinski definition) is 5. The van der Waals surface area contributed by atoms with Crippen LogP contribution >= 0.6 is 0 Å². The van der Waals surface area contributed by atoms with Gasteiger partial charge in [-0.15, -0.1) is 0 Å². The van der Waals surface area contributed by atoms with Gasteiger partial charge in [-0.2, -0.15) is 0 Å². The molecule has 0 bridgehead atoms. The molecule has 1 aromatic heterocycles. The summed E-state index contributed by atoms with van der Waals surface area (Å²) in [6.07, 6.45) is 0. The number of ether oxygens (including phenoxy) is 1. The summed E-state index contributed by atoms with van der Waals surface area (Å²) in [7, 11) is 1.56. The molecule has 0 aliphatic heterocycles. The monoisotopic (exact) mass is 336 g/mol. The van der Waals surface area contributed by atoms with Crippen LogP contribution in [0.2, 0.25) is 0 Å². The largest absolute Gasteiger partial charge is 0.496 e. The first-order valence-electron chi connectivity index (χ1n) is 7.61. The summed E-state index contributed by atoms with van der Waals surface area (Å²) in [5, 5.41) is 6.51. The van der Waals surface area contributed by atoms with Crippen molar-refractivity contribution in [2.24, 2.45) is 0 Å². The van der Waals surface area contributed by atoms with E-state index in [1.165, 1.54) is 6.92 Å². The Morgan fingerprint density at radius 1 is 1.08 bits per heavy atom. The molecule has 3 aromatic rings. The average Bonchev–Trinajstić information content (AvgIpc) is 3.12. The summed E-state index contributed by atoms with van der Waals surface area (Å²) in [5.74, 6) is 0.557. The Labute approximate surface area is 144 Å². The van der Waals surface area contributed by atoms with Gasteiger partial charge in [0.15, 0.2) is 17.2 Å². The highest BCUT2D eigenvalue weighted by atomic mass is 16.5. The van der Waals surface area contributed by atoms with Crippen LogP contribution < -0.4 is 10.1 Å². The molecule has 1 N–H and O–H groups in total. The molecule has 2 aromatic carbocycles. The average molecular weight is 336 g/mol. The molecule has 6 heteroatoms. The van der Waals surface area contributed by atoms with Crippen molar-refractivity contribution in [1.82, 2.24) is 5.16 Å². The molecular weight excluding hydrogens is 320 g/mol. The number of nitrogens with zero attached hydrogens (tertiary/aromatic N) is 1. The molecule has 0 atom stereocenters. The number of rotatable bonds is 5. The van der Waals surface area contributed by atoms with E-state index in [2.05, 4.69) is 10.5 Å². The molecule has 0 fully saturated rings. The van der Waals surface area contributed by atoms with Gasteiger partial charge in [-0.3, -0.25) is 9.59 Å². The molecule has 6 nitrogen and oxygen atoms in total. The summed E-state index contributed by atoms with van der Waals surface area (Å²) in [6.45, 7) is 1.47. The Bertz CT molecular complexity index is 930. The van der Waals surface area contributed by atoms with E-state index in [4.69, 9.17) is 9.26 Å². The highest BCUT2D eigenvalue weighted by Crippen LogP contribution is 2.30. The predicted molar refractivity (Wildman–Crippen MR) is 92.9 cm³/mol. The first-order chi connectivity index (χ1) is 12.1. The lowest BCUT2D eigenvalue weighted by atomic mass is 10.1. The van der Waals surface area contributed by atoms with Gasteiger partial charge in [0.2, 0.25) is 0 Å². The number of ketones is 1. The summed E-state index contributed by atoms with van der Waals surface area (Å²) >= 11 is 0. The maximum atomic E-state index is 12.3. The minimum absolute atomic E-state index is 0.0732. The summed E-state index contributed by atoms with van der Waals surface area (Å²) in [6, 6.07) is 15.5. The lowest BCUT2D eigenvalue weighted by Gasteiger charge is -2.04. The second-order valence-corrected chi connectivity index (χ2v) is 5.37. The van der Waals surface area contributed by atoms with Crippen molar-refractivity contribution in [1.29, 1.82) is 0 Å². The van der Waals surface area contributed by atoms with E-state index >= 15 is 0 Å². The van der Waals surface area contributed by atoms with E-state index in [-0.39, 0.29) is 11.5 Å². The number of hydrogen-bond donors (Lipinski definition) is 1. The van der Waals surface area contributed by atoms with E-state index in [9.17, 15) is 9.59 Å². The number of carbonyl (C=O) groups excluding carboxylic acids is 2. The van der Waals surface area contributed by atoms with Crippen molar-refractivity contribution in [3.63, 3.8) is 0 Å². The highest BCUT2D eigenvalue weighted by Gasteiger charge is 2.16. The molecule has 3 rings (SSSR count). The van der Waals surface area contributed by atoms with Gasteiger partial charge in [0, 0.05) is 17.3 Å². The molecule has 0 aliphatic carbocycles. The molecule has 0 radical (unpaired) electrons. The van der Waals surface area contributed by atoms with Crippen LogP contribution in [-0.2, 0) is 0 Å². The minimum Gasteiger partial charge on any atom is -0.496 e. The van der Waals surface area contributed by atoms with Crippen molar-refractivity contribution >= 4 is 17.4 Å². The maximum Gasteiger partial charge on any atom is 0.277 e. The zero-order valence-corrected chi connectivity index (χ0v) is 13.8. The summed E-state index contributed by atoms with van der Waals surface area (Å²) < 4.78 is 10.5. The van der Waals surface area contributed by atoms with Crippen LogP contribution in [0.5, 0.6) is 5.75 Å². The highest BCUT2D eigenvalue weighted by molar-refractivity contribution is 6.04. The third-order valence-corrected chi connectivity index (χ3v) is 3.64. The van der Waals surface area contributed by atoms with E-state index in [0.29, 0.717) is 28.3 Å². The van der Waals surface area contributed by atoms with Crippen molar-refractivity contribution in [3.05, 3.63) is 65.9 Å². The molecule has 0 aliphatic rings. The number of amides is 1.